The van der Waals surface area contributed by atoms with Crippen LogP contribution in [0.2, 0.25) is 0 Å². The molecule has 0 spiro atoms. The van der Waals surface area contributed by atoms with Crippen LogP contribution in [-0.2, 0) is 19.6 Å². The van der Waals surface area contributed by atoms with Crippen molar-refractivity contribution in [3.05, 3.63) is 59.9 Å². The smallest absolute Gasteiger partial charge is 0.240 e. The zero-order valence-corrected chi connectivity index (χ0v) is 18.4. The predicted octanol–water partition coefficient (Wildman–Crippen LogP) is 1.56. The third-order valence-electron chi connectivity index (χ3n) is 5.05. The lowest BCUT2D eigenvalue weighted by Gasteiger charge is -2.34. The van der Waals surface area contributed by atoms with Crippen molar-refractivity contribution in [2.24, 2.45) is 0 Å². The highest BCUT2D eigenvalue weighted by molar-refractivity contribution is 7.89. The maximum absolute atomic E-state index is 13.3. The van der Waals surface area contributed by atoms with E-state index < -0.39 is 32.4 Å². The number of carbonyl (C=O) groups excluding carboxylic acids is 2. The summed E-state index contributed by atoms with van der Waals surface area (Å²) in [7, 11) is -4.08. The molecular weight excluding hydrogens is 461 g/mol. The topological polar surface area (TPSA) is 98.8 Å². The van der Waals surface area contributed by atoms with Gasteiger partial charge < -0.3 is 10.2 Å². The summed E-state index contributed by atoms with van der Waals surface area (Å²) in [6.07, 6.45) is -0.103. The van der Waals surface area contributed by atoms with Crippen molar-refractivity contribution >= 4 is 27.5 Å². The fourth-order valence-corrected chi connectivity index (χ4v) is 4.31. The molecule has 0 unspecified atom stereocenters. The number of halogens is 3. The van der Waals surface area contributed by atoms with Gasteiger partial charge in [0.15, 0.2) is 11.6 Å². The molecule has 1 fully saturated rings. The summed E-state index contributed by atoms with van der Waals surface area (Å²) in [6, 6.07) is 7.65. The molecule has 0 saturated carbocycles. The molecule has 2 aromatic carbocycles. The SMILES string of the molecule is O=C(CN1CCN(C(=O)CCNS(=O)(=O)c2ccc(F)c(F)c2)CC1)Nc1ccc(F)cc1. The van der Waals surface area contributed by atoms with Gasteiger partial charge >= 0.3 is 0 Å². The zero-order valence-electron chi connectivity index (χ0n) is 17.6. The first kappa shape index (κ1) is 24.7. The summed E-state index contributed by atoms with van der Waals surface area (Å²) in [6.45, 7) is 1.59. The van der Waals surface area contributed by atoms with Crippen molar-refractivity contribution in [3.8, 4) is 0 Å². The third kappa shape index (κ3) is 7.01. The Balaban J connectivity index is 1.39. The number of benzene rings is 2. The maximum Gasteiger partial charge on any atom is 0.240 e. The summed E-state index contributed by atoms with van der Waals surface area (Å²) < 4.78 is 65.7. The number of nitrogens with zero attached hydrogens (tertiary/aromatic N) is 2. The Kier molecular flexibility index (Phi) is 8.06. The Labute approximate surface area is 189 Å². The Morgan fingerprint density at radius 3 is 2.21 bits per heavy atom. The molecule has 0 aliphatic carbocycles. The molecule has 0 radical (unpaired) electrons. The van der Waals surface area contributed by atoms with Crippen LogP contribution in [0.1, 0.15) is 6.42 Å². The van der Waals surface area contributed by atoms with Crippen molar-refractivity contribution in [1.82, 2.24) is 14.5 Å². The van der Waals surface area contributed by atoms with Gasteiger partial charge in [0.05, 0.1) is 11.4 Å². The van der Waals surface area contributed by atoms with Crippen LogP contribution in [0, 0.1) is 17.5 Å². The fraction of sp³-hybridized carbons (Fsp3) is 0.333. The summed E-state index contributed by atoms with van der Waals surface area (Å²) >= 11 is 0. The van der Waals surface area contributed by atoms with Gasteiger partial charge in [0.1, 0.15) is 5.82 Å². The van der Waals surface area contributed by atoms with Gasteiger partial charge in [-0.15, -0.1) is 0 Å². The zero-order chi connectivity index (χ0) is 24.0. The molecule has 1 saturated heterocycles. The Bertz CT molecular complexity index is 1100. The number of rotatable bonds is 8. The van der Waals surface area contributed by atoms with E-state index in [4.69, 9.17) is 0 Å². The van der Waals surface area contributed by atoms with E-state index in [1.165, 1.54) is 24.3 Å². The van der Waals surface area contributed by atoms with Crippen molar-refractivity contribution in [2.45, 2.75) is 11.3 Å². The molecule has 2 amide bonds. The van der Waals surface area contributed by atoms with Crippen LogP contribution in [0.4, 0.5) is 18.9 Å². The standard InChI is InChI=1S/C21H23F3N4O4S/c22-15-1-3-16(4-2-15)26-20(29)14-27-9-11-28(12-10-27)21(30)7-8-25-33(31,32)17-5-6-18(23)19(24)13-17/h1-6,13,25H,7-12,14H2,(H,26,29). The molecule has 178 valence electrons. The molecular formula is C21H23F3N4O4S. The van der Waals surface area contributed by atoms with Gasteiger partial charge in [0, 0.05) is 44.8 Å². The number of carbonyl (C=O) groups is 2. The first-order valence-corrected chi connectivity index (χ1v) is 11.6. The summed E-state index contributed by atoms with van der Waals surface area (Å²) in [4.78, 5) is 27.5. The van der Waals surface area contributed by atoms with E-state index in [9.17, 15) is 31.2 Å². The van der Waals surface area contributed by atoms with Gasteiger partial charge in [-0.25, -0.2) is 26.3 Å². The van der Waals surface area contributed by atoms with Gasteiger partial charge in [-0.1, -0.05) is 0 Å². The number of amides is 2. The molecule has 3 rings (SSSR count). The minimum absolute atomic E-state index is 0.103. The second-order valence-corrected chi connectivity index (χ2v) is 9.20. The largest absolute Gasteiger partial charge is 0.340 e. The highest BCUT2D eigenvalue weighted by atomic mass is 32.2. The lowest BCUT2D eigenvalue weighted by molar-refractivity contribution is -0.132. The number of sulfonamides is 1. The molecule has 1 aliphatic heterocycles. The third-order valence-corrected chi connectivity index (χ3v) is 6.51. The van der Waals surface area contributed by atoms with Gasteiger partial charge in [0.25, 0.3) is 0 Å². The highest BCUT2D eigenvalue weighted by Gasteiger charge is 2.23. The molecule has 0 atom stereocenters. The van der Waals surface area contributed by atoms with Crippen LogP contribution in [0.15, 0.2) is 47.4 Å². The molecule has 0 bridgehead atoms. The number of hydrogen-bond donors (Lipinski definition) is 2. The number of hydrogen-bond acceptors (Lipinski definition) is 5. The van der Waals surface area contributed by atoms with Crippen LogP contribution >= 0.6 is 0 Å². The average Bonchev–Trinajstić information content (AvgIpc) is 2.77. The molecule has 8 nitrogen and oxygen atoms in total. The van der Waals surface area contributed by atoms with E-state index in [1.807, 2.05) is 4.90 Å². The summed E-state index contributed by atoms with van der Waals surface area (Å²) in [5.41, 5.74) is 0.487. The first-order valence-electron chi connectivity index (χ1n) is 10.1. The van der Waals surface area contributed by atoms with Crippen LogP contribution < -0.4 is 10.0 Å². The number of piperazine rings is 1. The Morgan fingerprint density at radius 2 is 1.58 bits per heavy atom. The van der Waals surface area contributed by atoms with Crippen LogP contribution in [-0.4, -0.2) is 69.3 Å². The van der Waals surface area contributed by atoms with Gasteiger partial charge in [-0.05, 0) is 42.5 Å². The van der Waals surface area contributed by atoms with Gasteiger partial charge in [-0.2, -0.15) is 0 Å². The van der Waals surface area contributed by atoms with Crippen LogP contribution in [0.5, 0.6) is 0 Å². The lowest BCUT2D eigenvalue weighted by Crippen LogP contribution is -2.50. The molecule has 1 heterocycles. The second kappa shape index (κ2) is 10.8. The fourth-order valence-electron chi connectivity index (χ4n) is 3.27. The van der Waals surface area contributed by atoms with Gasteiger partial charge in [0.2, 0.25) is 21.8 Å². The molecule has 12 heteroatoms. The van der Waals surface area contributed by atoms with E-state index >= 15 is 0 Å². The number of anilines is 1. The van der Waals surface area contributed by atoms with Crippen LogP contribution in [0.3, 0.4) is 0 Å². The normalized spacial score (nSPS) is 14.8. The van der Waals surface area contributed by atoms with E-state index in [1.54, 1.807) is 4.90 Å². The van der Waals surface area contributed by atoms with Crippen molar-refractivity contribution < 1.29 is 31.2 Å². The minimum atomic E-state index is -4.08. The quantitative estimate of drug-likeness (QED) is 0.593. The van der Waals surface area contributed by atoms with E-state index in [-0.39, 0.29) is 31.3 Å². The van der Waals surface area contributed by atoms with E-state index in [0.717, 1.165) is 6.07 Å². The van der Waals surface area contributed by atoms with Crippen LogP contribution in [0.25, 0.3) is 0 Å². The van der Waals surface area contributed by atoms with Crippen molar-refractivity contribution in [1.29, 1.82) is 0 Å². The second-order valence-electron chi connectivity index (χ2n) is 7.44. The van der Waals surface area contributed by atoms with E-state index in [2.05, 4.69) is 10.0 Å². The lowest BCUT2D eigenvalue weighted by atomic mass is 10.2. The molecule has 33 heavy (non-hydrogen) atoms. The van der Waals surface area contributed by atoms with Crippen molar-refractivity contribution in [2.75, 3.05) is 44.6 Å². The Morgan fingerprint density at radius 1 is 0.909 bits per heavy atom. The molecule has 0 aromatic heterocycles. The predicted molar refractivity (Wildman–Crippen MR) is 114 cm³/mol. The maximum atomic E-state index is 13.3. The highest BCUT2D eigenvalue weighted by Crippen LogP contribution is 2.14. The van der Waals surface area contributed by atoms with Gasteiger partial charge in [-0.3, -0.25) is 14.5 Å². The Hall–Kier alpha value is -2.96. The van der Waals surface area contributed by atoms with Crippen molar-refractivity contribution in [3.63, 3.8) is 0 Å². The minimum Gasteiger partial charge on any atom is -0.340 e. The van der Waals surface area contributed by atoms with E-state index in [0.29, 0.717) is 44.0 Å². The molecule has 2 aromatic rings. The summed E-state index contributed by atoms with van der Waals surface area (Å²) in [5.74, 6) is -3.35. The monoisotopic (exact) mass is 484 g/mol. The average molecular weight is 485 g/mol. The first-order chi connectivity index (χ1) is 15.6. The molecule has 1 aliphatic rings. The molecule has 2 N–H and O–H groups in total. The number of nitrogens with one attached hydrogen (secondary N) is 2. The summed E-state index contributed by atoms with van der Waals surface area (Å²) in [5, 5.41) is 2.68.